The Morgan fingerprint density at radius 1 is 1.24 bits per heavy atom. The van der Waals surface area contributed by atoms with E-state index in [1.807, 2.05) is 26.1 Å². The van der Waals surface area contributed by atoms with Gasteiger partial charge in [0.1, 0.15) is 5.82 Å². The molecule has 0 aliphatic heterocycles. The Hall–Kier alpha value is -1.74. The predicted octanol–water partition coefficient (Wildman–Crippen LogP) is 2.92. The van der Waals surface area contributed by atoms with Crippen molar-refractivity contribution < 1.29 is 4.39 Å². The van der Waals surface area contributed by atoms with E-state index in [0.717, 1.165) is 23.2 Å². The zero-order chi connectivity index (χ0) is 12.3. The van der Waals surface area contributed by atoms with Gasteiger partial charge in [0.25, 0.3) is 0 Å². The maximum atomic E-state index is 13.8. The number of pyridine rings is 1. The van der Waals surface area contributed by atoms with Crippen molar-refractivity contribution in [3.63, 3.8) is 0 Å². The Balaban J connectivity index is 2.51. The van der Waals surface area contributed by atoms with Crippen molar-refractivity contribution in [2.75, 3.05) is 7.05 Å². The zero-order valence-electron chi connectivity index (χ0n) is 10.00. The highest BCUT2D eigenvalue weighted by molar-refractivity contribution is 5.67. The Morgan fingerprint density at radius 2 is 2.06 bits per heavy atom. The van der Waals surface area contributed by atoms with Crippen LogP contribution in [0.5, 0.6) is 0 Å². The number of aromatic nitrogens is 1. The van der Waals surface area contributed by atoms with Gasteiger partial charge >= 0.3 is 0 Å². The van der Waals surface area contributed by atoms with Crippen LogP contribution in [0.15, 0.2) is 36.7 Å². The molecule has 0 saturated heterocycles. The second kappa shape index (κ2) is 5.06. The Labute approximate surface area is 101 Å². The number of aryl methyl sites for hydroxylation is 1. The molecular formula is C14H15FN2. The summed E-state index contributed by atoms with van der Waals surface area (Å²) in [6.45, 7) is 2.69. The first-order valence-corrected chi connectivity index (χ1v) is 5.56. The van der Waals surface area contributed by atoms with Gasteiger partial charge in [-0.05, 0) is 43.3 Å². The van der Waals surface area contributed by atoms with E-state index in [9.17, 15) is 4.39 Å². The highest BCUT2D eigenvalue weighted by atomic mass is 19.1. The lowest BCUT2D eigenvalue weighted by atomic mass is 10.0. The van der Waals surface area contributed by atoms with Crippen molar-refractivity contribution in [1.29, 1.82) is 0 Å². The molecule has 0 fully saturated rings. The smallest absolute Gasteiger partial charge is 0.131 e. The number of hydrogen-bond donors (Lipinski definition) is 1. The summed E-state index contributed by atoms with van der Waals surface area (Å²) >= 11 is 0. The molecule has 0 atom stereocenters. The quantitative estimate of drug-likeness (QED) is 0.877. The van der Waals surface area contributed by atoms with E-state index in [2.05, 4.69) is 10.3 Å². The molecule has 0 unspecified atom stereocenters. The number of benzene rings is 1. The average Bonchev–Trinajstić information content (AvgIpc) is 2.33. The van der Waals surface area contributed by atoms with Gasteiger partial charge in [0.2, 0.25) is 0 Å². The molecule has 0 amide bonds. The lowest BCUT2D eigenvalue weighted by Gasteiger charge is -2.09. The van der Waals surface area contributed by atoms with Crippen LogP contribution in [-0.2, 0) is 6.54 Å². The molecule has 2 nitrogen and oxygen atoms in total. The molecule has 2 aromatic rings. The molecule has 2 rings (SSSR count). The van der Waals surface area contributed by atoms with Gasteiger partial charge in [-0.3, -0.25) is 4.98 Å². The normalized spacial score (nSPS) is 10.5. The summed E-state index contributed by atoms with van der Waals surface area (Å²) in [5, 5.41) is 3.06. The fourth-order valence-electron chi connectivity index (χ4n) is 1.84. The largest absolute Gasteiger partial charge is 0.316 e. The molecule has 0 radical (unpaired) electrons. The summed E-state index contributed by atoms with van der Waals surface area (Å²) in [7, 11) is 1.87. The van der Waals surface area contributed by atoms with Crippen LogP contribution in [0.3, 0.4) is 0 Å². The maximum absolute atomic E-state index is 13.8. The van der Waals surface area contributed by atoms with Crippen molar-refractivity contribution >= 4 is 0 Å². The number of nitrogens with zero attached hydrogens (tertiary/aromatic N) is 1. The SMILES string of the molecule is CNCc1ccc(F)c(-c2cnccc2C)c1. The minimum absolute atomic E-state index is 0.207. The van der Waals surface area contributed by atoms with E-state index in [-0.39, 0.29) is 5.82 Å². The topological polar surface area (TPSA) is 24.9 Å². The van der Waals surface area contributed by atoms with Crippen molar-refractivity contribution in [2.45, 2.75) is 13.5 Å². The van der Waals surface area contributed by atoms with Crippen LogP contribution in [0.2, 0.25) is 0 Å². The molecule has 88 valence electrons. The average molecular weight is 230 g/mol. The molecule has 0 saturated carbocycles. The van der Waals surface area contributed by atoms with Gasteiger partial charge in [0.15, 0.2) is 0 Å². The van der Waals surface area contributed by atoms with Gasteiger partial charge in [-0.15, -0.1) is 0 Å². The molecule has 1 aromatic heterocycles. The van der Waals surface area contributed by atoms with Gasteiger partial charge in [-0.25, -0.2) is 4.39 Å². The van der Waals surface area contributed by atoms with Gasteiger partial charge in [-0.1, -0.05) is 6.07 Å². The highest BCUT2D eigenvalue weighted by Gasteiger charge is 2.08. The summed E-state index contributed by atoms with van der Waals surface area (Å²) in [4.78, 5) is 4.06. The van der Waals surface area contributed by atoms with Crippen LogP contribution < -0.4 is 5.32 Å². The molecule has 1 N–H and O–H groups in total. The first kappa shape index (κ1) is 11.7. The molecule has 1 aromatic carbocycles. The van der Waals surface area contributed by atoms with E-state index in [1.54, 1.807) is 18.5 Å². The van der Waals surface area contributed by atoms with Gasteiger partial charge in [-0.2, -0.15) is 0 Å². The Morgan fingerprint density at radius 3 is 2.76 bits per heavy atom. The molecule has 3 heteroatoms. The second-order valence-electron chi connectivity index (χ2n) is 4.04. The summed E-state index contributed by atoms with van der Waals surface area (Å²) in [5.41, 5.74) is 3.55. The molecule has 0 spiro atoms. The van der Waals surface area contributed by atoms with E-state index in [4.69, 9.17) is 0 Å². The van der Waals surface area contributed by atoms with E-state index >= 15 is 0 Å². The van der Waals surface area contributed by atoms with Crippen LogP contribution >= 0.6 is 0 Å². The second-order valence-corrected chi connectivity index (χ2v) is 4.04. The van der Waals surface area contributed by atoms with Crippen molar-refractivity contribution in [3.05, 3.63) is 53.6 Å². The molecule has 17 heavy (non-hydrogen) atoms. The lowest BCUT2D eigenvalue weighted by molar-refractivity contribution is 0.629. The first-order chi connectivity index (χ1) is 8.22. The third-order valence-corrected chi connectivity index (χ3v) is 2.74. The van der Waals surface area contributed by atoms with Gasteiger partial charge < -0.3 is 5.32 Å². The third-order valence-electron chi connectivity index (χ3n) is 2.74. The van der Waals surface area contributed by atoms with E-state index in [1.165, 1.54) is 6.07 Å². The highest BCUT2D eigenvalue weighted by Crippen LogP contribution is 2.26. The van der Waals surface area contributed by atoms with Crippen molar-refractivity contribution in [3.8, 4) is 11.1 Å². The van der Waals surface area contributed by atoms with E-state index < -0.39 is 0 Å². The zero-order valence-corrected chi connectivity index (χ0v) is 10.00. The molecule has 0 aliphatic carbocycles. The Bertz CT molecular complexity index is 523. The molecular weight excluding hydrogens is 215 g/mol. The summed E-state index contributed by atoms with van der Waals surface area (Å²) in [6, 6.07) is 7.06. The standard InChI is InChI=1S/C14H15FN2/c1-10-5-6-17-9-13(10)12-7-11(8-16-2)3-4-14(12)15/h3-7,9,16H,8H2,1-2H3. The fourth-order valence-corrected chi connectivity index (χ4v) is 1.84. The van der Waals surface area contributed by atoms with Crippen molar-refractivity contribution in [2.24, 2.45) is 0 Å². The van der Waals surface area contributed by atoms with Crippen molar-refractivity contribution in [1.82, 2.24) is 10.3 Å². The molecule has 1 heterocycles. The van der Waals surface area contributed by atoms with Gasteiger partial charge in [0, 0.05) is 30.1 Å². The number of halogens is 1. The minimum Gasteiger partial charge on any atom is -0.316 e. The maximum Gasteiger partial charge on any atom is 0.131 e. The van der Waals surface area contributed by atoms with E-state index in [0.29, 0.717) is 5.56 Å². The molecule has 0 bridgehead atoms. The summed E-state index contributed by atoms with van der Waals surface area (Å²) in [5.74, 6) is -0.207. The van der Waals surface area contributed by atoms with Gasteiger partial charge in [0.05, 0.1) is 0 Å². The minimum atomic E-state index is -0.207. The number of hydrogen-bond acceptors (Lipinski definition) is 2. The summed E-state index contributed by atoms with van der Waals surface area (Å²) < 4.78 is 13.8. The van der Waals surface area contributed by atoms with Crippen LogP contribution in [0, 0.1) is 12.7 Å². The molecule has 0 aliphatic rings. The Kier molecular flexibility index (Phi) is 3.49. The van der Waals surface area contributed by atoms with Crippen LogP contribution in [0.4, 0.5) is 4.39 Å². The summed E-state index contributed by atoms with van der Waals surface area (Å²) in [6.07, 6.45) is 3.42. The number of rotatable bonds is 3. The monoisotopic (exact) mass is 230 g/mol. The van der Waals surface area contributed by atoms with Crippen LogP contribution in [0.1, 0.15) is 11.1 Å². The number of nitrogens with one attached hydrogen (secondary N) is 1. The first-order valence-electron chi connectivity index (χ1n) is 5.56. The van der Waals surface area contributed by atoms with Crippen LogP contribution in [-0.4, -0.2) is 12.0 Å². The third kappa shape index (κ3) is 2.50. The fraction of sp³-hybridized carbons (Fsp3) is 0.214. The predicted molar refractivity (Wildman–Crippen MR) is 67.1 cm³/mol. The lowest BCUT2D eigenvalue weighted by Crippen LogP contribution is -2.05. The van der Waals surface area contributed by atoms with Crippen LogP contribution in [0.25, 0.3) is 11.1 Å².